The van der Waals surface area contributed by atoms with Gasteiger partial charge in [0, 0.05) is 6.42 Å². The van der Waals surface area contributed by atoms with Crippen LogP contribution in [0.1, 0.15) is 32.2 Å². The summed E-state index contributed by atoms with van der Waals surface area (Å²) in [5.41, 5.74) is 0.903. The van der Waals surface area contributed by atoms with Crippen molar-refractivity contribution in [1.82, 2.24) is 14.8 Å². The summed E-state index contributed by atoms with van der Waals surface area (Å²) in [7, 11) is 4.81. The molecule has 0 amide bonds. The molecule has 2 aromatic rings. The van der Waals surface area contributed by atoms with Crippen molar-refractivity contribution >= 4 is 0 Å². The number of benzene rings is 1. The van der Waals surface area contributed by atoms with Gasteiger partial charge in [0.15, 0.2) is 11.5 Å². The number of aromatic nitrogens is 3. The van der Waals surface area contributed by atoms with Crippen LogP contribution in [0.25, 0.3) is 0 Å². The van der Waals surface area contributed by atoms with Crippen molar-refractivity contribution in [3.63, 3.8) is 0 Å². The van der Waals surface area contributed by atoms with E-state index in [-0.39, 0.29) is 5.54 Å². The number of hydrogen-bond acceptors (Lipinski definition) is 5. The highest BCUT2D eigenvalue weighted by molar-refractivity contribution is 5.54. The van der Waals surface area contributed by atoms with Gasteiger partial charge in [-0.3, -0.25) is 0 Å². The standard InChI is InChI=1S/C16H23N3O3/c1-16(2,3)19-14(17-10-18-19)9-11-7-12(20-4)15(22-6)13(8-11)21-5/h7-8,10H,9H2,1-6H3. The first-order chi connectivity index (χ1) is 10.4. The summed E-state index contributed by atoms with van der Waals surface area (Å²) in [5, 5.41) is 4.32. The Bertz CT molecular complexity index is 619. The second kappa shape index (κ2) is 6.25. The number of rotatable bonds is 5. The molecule has 1 aromatic carbocycles. The summed E-state index contributed by atoms with van der Waals surface area (Å²) in [6.45, 7) is 6.29. The smallest absolute Gasteiger partial charge is 0.203 e. The lowest BCUT2D eigenvalue weighted by Gasteiger charge is -2.21. The molecule has 0 N–H and O–H groups in total. The third kappa shape index (κ3) is 3.16. The molecule has 0 unspecified atom stereocenters. The van der Waals surface area contributed by atoms with Gasteiger partial charge >= 0.3 is 0 Å². The topological polar surface area (TPSA) is 58.4 Å². The maximum atomic E-state index is 5.39. The van der Waals surface area contributed by atoms with Gasteiger partial charge in [-0.05, 0) is 38.5 Å². The first-order valence-corrected chi connectivity index (χ1v) is 7.09. The Balaban J connectivity index is 2.41. The quantitative estimate of drug-likeness (QED) is 0.850. The van der Waals surface area contributed by atoms with Crippen LogP contribution in [0.5, 0.6) is 17.2 Å². The molecule has 0 bridgehead atoms. The molecule has 120 valence electrons. The predicted molar refractivity (Wildman–Crippen MR) is 83.9 cm³/mol. The van der Waals surface area contributed by atoms with Gasteiger partial charge in [-0.25, -0.2) is 9.67 Å². The Kier molecular flexibility index (Phi) is 4.59. The van der Waals surface area contributed by atoms with Gasteiger partial charge in [-0.15, -0.1) is 0 Å². The molecule has 0 aliphatic rings. The van der Waals surface area contributed by atoms with E-state index in [4.69, 9.17) is 14.2 Å². The Morgan fingerprint density at radius 1 is 1.00 bits per heavy atom. The largest absolute Gasteiger partial charge is 0.493 e. The third-order valence-electron chi connectivity index (χ3n) is 3.34. The maximum absolute atomic E-state index is 5.39. The van der Waals surface area contributed by atoms with Gasteiger partial charge in [0.1, 0.15) is 12.2 Å². The predicted octanol–water partition coefficient (Wildman–Crippen LogP) is 2.65. The molecule has 0 radical (unpaired) electrons. The molecule has 6 heteroatoms. The van der Waals surface area contributed by atoms with Crippen LogP contribution in [0.3, 0.4) is 0 Å². The van der Waals surface area contributed by atoms with E-state index in [1.165, 1.54) is 0 Å². The van der Waals surface area contributed by atoms with Crippen molar-refractivity contribution in [2.24, 2.45) is 0 Å². The number of ether oxygens (including phenoxy) is 3. The molecule has 0 aliphatic heterocycles. The van der Waals surface area contributed by atoms with Crippen LogP contribution in [0.15, 0.2) is 18.5 Å². The lowest BCUT2D eigenvalue weighted by Crippen LogP contribution is -2.25. The van der Waals surface area contributed by atoms with Gasteiger partial charge in [0.25, 0.3) is 0 Å². The Labute approximate surface area is 131 Å². The summed E-state index contributed by atoms with van der Waals surface area (Å²) in [6.07, 6.45) is 2.21. The summed E-state index contributed by atoms with van der Waals surface area (Å²) in [4.78, 5) is 4.37. The monoisotopic (exact) mass is 305 g/mol. The lowest BCUT2D eigenvalue weighted by atomic mass is 10.1. The molecule has 0 saturated heterocycles. The highest BCUT2D eigenvalue weighted by atomic mass is 16.5. The normalized spacial score (nSPS) is 11.4. The number of nitrogens with zero attached hydrogens (tertiary/aromatic N) is 3. The number of methoxy groups -OCH3 is 3. The van der Waals surface area contributed by atoms with Gasteiger partial charge in [-0.1, -0.05) is 0 Å². The summed E-state index contributed by atoms with van der Waals surface area (Å²) in [6, 6.07) is 3.87. The molecule has 1 heterocycles. The lowest BCUT2D eigenvalue weighted by molar-refractivity contribution is 0.323. The van der Waals surface area contributed by atoms with Crippen LogP contribution in [-0.4, -0.2) is 36.1 Å². The third-order valence-corrected chi connectivity index (χ3v) is 3.34. The van der Waals surface area contributed by atoms with Gasteiger partial charge in [0.2, 0.25) is 5.75 Å². The second-order valence-electron chi connectivity index (χ2n) is 5.97. The van der Waals surface area contributed by atoms with Crippen molar-refractivity contribution in [1.29, 1.82) is 0 Å². The first-order valence-electron chi connectivity index (χ1n) is 7.09. The Hall–Kier alpha value is -2.24. The second-order valence-corrected chi connectivity index (χ2v) is 5.97. The maximum Gasteiger partial charge on any atom is 0.203 e. The van der Waals surface area contributed by atoms with Crippen LogP contribution in [0.2, 0.25) is 0 Å². The SMILES string of the molecule is COc1cc(Cc2ncnn2C(C)(C)C)cc(OC)c1OC. The summed E-state index contributed by atoms with van der Waals surface area (Å²) < 4.78 is 18.0. The molecule has 2 rings (SSSR count). The number of hydrogen-bond donors (Lipinski definition) is 0. The van der Waals surface area contributed by atoms with Crippen LogP contribution in [-0.2, 0) is 12.0 Å². The van der Waals surface area contributed by atoms with Crippen LogP contribution in [0.4, 0.5) is 0 Å². The molecule has 0 atom stereocenters. The highest BCUT2D eigenvalue weighted by Crippen LogP contribution is 2.38. The molecule has 0 spiro atoms. The van der Waals surface area contributed by atoms with E-state index in [9.17, 15) is 0 Å². The minimum Gasteiger partial charge on any atom is -0.493 e. The van der Waals surface area contributed by atoms with Crippen molar-refractivity contribution in [3.8, 4) is 17.2 Å². The average Bonchev–Trinajstić information content (AvgIpc) is 2.94. The van der Waals surface area contributed by atoms with E-state index < -0.39 is 0 Å². The van der Waals surface area contributed by atoms with Crippen LogP contribution in [0, 0.1) is 0 Å². The fraction of sp³-hybridized carbons (Fsp3) is 0.500. The van der Waals surface area contributed by atoms with E-state index in [0.29, 0.717) is 23.7 Å². The molecular weight excluding hydrogens is 282 g/mol. The Morgan fingerprint density at radius 3 is 2.05 bits per heavy atom. The van der Waals surface area contributed by atoms with Crippen molar-refractivity contribution in [2.75, 3.05) is 21.3 Å². The molecular formula is C16H23N3O3. The molecule has 1 aromatic heterocycles. The van der Waals surface area contributed by atoms with Crippen LogP contribution >= 0.6 is 0 Å². The average molecular weight is 305 g/mol. The van der Waals surface area contributed by atoms with E-state index in [1.807, 2.05) is 16.8 Å². The van der Waals surface area contributed by atoms with Crippen LogP contribution < -0.4 is 14.2 Å². The molecule has 0 saturated carbocycles. The minimum atomic E-state index is -0.119. The fourth-order valence-electron chi connectivity index (χ4n) is 2.37. The first kappa shape index (κ1) is 16.1. The van der Waals surface area contributed by atoms with E-state index in [2.05, 4.69) is 30.9 Å². The molecule has 6 nitrogen and oxygen atoms in total. The van der Waals surface area contributed by atoms with Crippen molar-refractivity contribution < 1.29 is 14.2 Å². The Morgan fingerprint density at radius 2 is 1.59 bits per heavy atom. The van der Waals surface area contributed by atoms with Gasteiger partial charge < -0.3 is 14.2 Å². The van der Waals surface area contributed by atoms with Crippen molar-refractivity contribution in [2.45, 2.75) is 32.7 Å². The zero-order chi connectivity index (χ0) is 16.3. The zero-order valence-corrected chi connectivity index (χ0v) is 14.0. The van der Waals surface area contributed by atoms with Gasteiger partial charge in [-0.2, -0.15) is 5.10 Å². The highest BCUT2D eigenvalue weighted by Gasteiger charge is 2.20. The summed E-state index contributed by atoms with van der Waals surface area (Å²) in [5.74, 6) is 2.75. The minimum absolute atomic E-state index is 0.119. The van der Waals surface area contributed by atoms with E-state index in [1.54, 1.807) is 27.7 Å². The zero-order valence-electron chi connectivity index (χ0n) is 14.0. The van der Waals surface area contributed by atoms with Crippen molar-refractivity contribution in [3.05, 3.63) is 29.8 Å². The van der Waals surface area contributed by atoms with Gasteiger partial charge in [0.05, 0.1) is 26.9 Å². The van der Waals surface area contributed by atoms with E-state index in [0.717, 1.165) is 11.4 Å². The molecule has 22 heavy (non-hydrogen) atoms. The van der Waals surface area contributed by atoms with E-state index >= 15 is 0 Å². The fourth-order valence-corrected chi connectivity index (χ4v) is 2.37. The summed E-state index contributed by atoms with van der Waals surface area (Å²) >= 11 is 0. The molecule has 0 fully saturated rings. The molecule has 0 aliphatic carbocycles.